The van der Waals surface area contributed by atoms with E-state index in [0.29, 0.717) is 6.04 Å². The number of rotatable bonds is 9. The summed E-state index contributed by atoms with van der Waals surface area (Å²) in [6.45, 7) is 9.54. The molecule has 1 atom stereocenters. The molecule has 0 fully saturated rings. The van der Waals surface area contributed by atoms with E-state index in [0.717, 1.165) is 19.4 Å². The van der Waals surface area contributed by atoms with Crippen molar-refractivity contribution in [1.29, 1.82) is 0 Å². The summed E-state index contributed by atoms with van der Waals surface area (Å²) in [5.41, 5.74) is 1.37. The van der Waals surface area contributed by atoms with Crippen LogP contribution in [0.1, 0.15) is 44.4 Å². The molecule has 0 aliphatic carbocycles. The summed E-state index contributed by atoms with van der Waals surface area (Å²) in [6.07, 6.45) is 5.99. The molecular weight excluding hydrogens is 226 g/mol. The molecule has 1 unspecified atom stereocenters. The average molecular weight is 251 g/mol. The number of hydrogen-bond donors (Lipinski definition) is 1. The fourth-order valence-electron chi connectivity index (χ4n) is 2.04. The van der Waals surface area contributed by atoms with Gasteiger partial charge >= 0.3 is 0 Å². The van der Waals surface area contributed by atoms with Gasteiger partial charge in [0.25, 0.3) is 0 Å². The first kappa shape index (κ1) is 14.5. The van der Waals surface area contributed by atoms with Gasteiger partial charge in [-0.25, -0.2) is 0 Å². The van der Waals surface area contributed by atoms with Gasteiger partial charge in [-0.3, -0.25) is 0 Å². The Hall–Kier alpha value is -0.600. The third kappa shape index (κ3) is 6.04. The van der Waals surface area contributed by atoms with Crippen LogP contribution in [0.15, 0.2) is 29.7 Å². The van der Waals surface area contributed by atoms with Crippen LogP contribution < -0.4 is 5.32 Å². The summed E-state index contributed by atoms with van der Waals surface area (Å²) in [5.74, 6) is 0. The highest BCUT2D eigenvalue weighted by Gasteiger charge is 2.08. The first-order valence-corrected chi connectivity index (χ1v) is 7.56. The lowest BCUT2D eigenvalue weighted by Gasteiger charge is -2.18. The van der Waals surface area contributed by atoms with E-state index < -0.39 is 0 Å². The van der Waals surface area contributed by atoms with Crippen molar-refractivity contribution >= 4 is 11.3 Å². The highest BCUT2D eigenvalue weighted by atomic mass is 32.1. The van der Waals surface area contributed by atoms with Gasteiger partial charge in [-0.2, -0.15) is 0 Å². The fraction of sp³-hybridized carbons (Fsp3) is 0.600. The third-order valence-corrected chi connectivity index (χ3v) is 4.02. The van der Waals surface area contributed by atoms with E-state index >= 15 is 0 Å². The average Bonchev–Trinajstić information content (AvgIpc) is 2.82. The standard InChI is InChI=1S/C15H25NS/c1-4-13(3)12-14(16-5-2)8-6-9-15-10-7-11-17-15/h7,10-11,14,16H,3-6,8-9,12H2,1-2H3. The van der Waals surface area contributed by atoms with E-state index in [1.165, 1.54) is 29.7 Å². The second-order valence-corrected chi connectivity index (χ2v) is 5.57. The first-order chi connectivity index (χ1) is 8.26. The minimum Gasteiger partial charge on any atom is -0.314 e. The van der Waals surface area contributed by atoms with E-state index in [1.54, 1.807) is 0 Å². The predicted molar refractivity (Wildman–Crippen MR) is 78.8 cm³/mol. The zero-order valence-electron chi connectivity index (χ0n) is 11.2. The molecule has 0 bridgehead atoms. The molecular formula is C15H25NS. The van der Waals surface area contributed by atoms with Gasteiger partial charge < -0.3 is 5.32 Å². The Bertz CT molecular complexity index is 303. The maximum absolute atomic E-state index is 4.12. The molecule has 1 heterocycles. The van der Waals surface area contributed by atoms with E-state index in [-0.39, 0.29) is 0 Å². The van der Waals surface area contributed by atoms with Crippen LogP contribution in [0.5, 0.6) is 0 Å². The van der Waals surface area contributed by atoms with Gasteiger partial charge in [0, 0.05) is 10.9 Å². The van der Waals surface area contributed by atoms with E-state index in [4.69, 9.17) is 0 Å². The summed E-state index contributed by atoms with van der Waals surface area (Å²) in [7, 11) is 0. The van der Waals surface area contributed by atoms with Gasteiger partial charge in [0.15, 0.2) is 0 Å². The minimum atomic E-state index is 0.618. The van der Waals surface area contributed by atoms with Crippen molar-refractivity contribution in [2.75, 3.05) is 6.54 Å². The molecule has 1 rings (SSSR count). The number of nitrogens with one attached hydrogen (secondary N) is 1. The van der Waals surface area contributed by atoms with Crippen molar-refractivity contribution in [1.82, 2.24) is 5.32 Å². The van der Waals surface area contributed by atoms with Gasteiger partial charge in [-0.05, 0) is 50.1 Å². The largest absolute Gasteiger partial charge is 0.314 e. The van der Waals surface area contributed by atoms with Gasteiger partial charge in [0.1, 0.15) is 0 Å². The Balaban J connectivity index is 2.26. The Morgan fingerprint density at radius 2 is 2.29 bits per heavy atom. The van der Waals surface area contributed by atoms with Gasteiger partial charge in [0.2, 0.25) is 0 Å². The Morgan fingerprint density at radius 3 is 2.88 bits per heavy atom. The Kier molecular flexibility index (Phi) is 7.22. The van der Waals surface area contributed by atoms with Crippen LogP contribution >= 0.6 is 11.3 Å². The smallest absolute Gasteiger partial charge is 0.0104 e. The lowest BCUT2D eigenvalue weighted by Crippen LogP contribution is -2.29. The summed E-state index contributed by atoms with van der Waals surface area (Å²) in [4.78, 5) is 1.51. The van der Waals surface area contributed by atoms with Crippen LogP contribution in [0, 0.1) is 0 Å². The molecule has 0 aliphatic heterocycles. The fourth-order valence-corrected chi connectivity index (χ4v) is 2.79. The van der Waals surface area contributed by atoms with Crippen molar-refractivity contribution < 1.29 is 0 Å². The molecule has 96 valence electrons. The van der Waals surface area contributed by atoms with Crippen LogP contribution in [0.2, 0.25) is 0 Å². The van der Waals surface area contributed by atoms with Crippen LogP contribution in [0.25, 0.3) is 0 Å². The van der Waals surface area contributed by atoms with Gasteiger partial charge in [-0.15, -0.1) is 11.3 Å². The highest BCUT2D eigenvalue weighted by Crippen LogP contribution is 2.16. The van der Waals surface area contributed by atoms with Gasteiger partial charge in [0.05, 0.1) is 0 Å². The molecule has 1 aromatic rings. The molecule has 0 saturated heterocycles. The third-order valence-electron chi connectivity index (χ3n) is 3.08. The lowest BCUT2D eigenvalue weighted by atomic mass is 10.00. The molecule has 0 aliphatic rings. The Labute approximate surface area is 110 Å². The molecule has 0 aromatic carbocycles. The number of thiophene rings is 1. The second kappa shape index (κ2) is 8.48. The second-order valence-electron chi connectivity index (χ2n) is 4.53. The van der Waals surface area contributed by atoms with E-state index in [9.17, 15) is 0 Å². The summed E-state index contributed by atoms with van der Waals surface area (Å²) < 4.78 is 0. The molecule has 0 radical (unpaired) electrons. The molecule has 0 saturated carbocycles. The van der Waals surface area contributed by atoms with Crippen molar-refractivity contribution in [3.8, 4) is 0 Å². The Morgan fingerprint density at radius 1 is 1.47 bits per heavy atom. The molecule has 2 heteroatoms. The van der Waals surface area contributed by atoms with Crippen LogP contribution in [0.3, 0.4) is 0 Å². The normalized spacial score (nSPS) is 12.6. The molecule has 1 N–H and O–H groups in total. The monoisotopic (exact) mass is 251 g/mol. The van der Waals surface area contributed by atoms with Crippen molar-refractivity contribution in [2.45, 2.75) is 52.0 Å². The van der Waals surface area contributed by atoms with Crippen LogP contribution in [-0.4, -0.2) is 12.6 Å². The van der Waals surface area contributed by atoms with Crippen LogP contribution in [0.4, 0.5) is 0 Å². The summed E-state index contributed by atoms with van der Waals surface area (Å²) in [6, 6.07) is 4.99. The highest BCUT2D eigenvalue weighted by molar-refractivity contribution is 7.09. The minimum absolute atomic E-state index is 0.618. The maximum Gasteiger partial charge on any atom is 0.0104 e. The van der Waals surface area contributed by atoms with Crippen molar-refractivity contribution in [3.63, 3.8) is 0 Å². The molecule has 17 heavy (non-hydrogen) atoms. The zero-order valence-corrected chi connectivity index (χ0v) is 12.0. The quantitative estimate of drug-likeness (QED) is 0.641. The molecule has 1 aromatic heterocycles. The molecule has 0 amide bonds. The predicted octanol–water partition coefficient (Wildman–Crippen LogP) is 4.41. The topological polar surface area (TPSA) is 12.0 Å². The van der Waals surface area contributed by atoms with Crippen molar-refractivity contribution in [3.05, 3.63) is 34.5 Å². The zero-order chi connectivity index (χ0) is 12.5. The summed E-state index contributed by atoms with van der Waals surface area (Å²) in [5, 5.41) is 5.73. The maximum atomic E-state index is 4.12. The van der Waals surface area contributed by atoms with Crippen molar-refractivity contribution in [2.24, 2.45) is 0 Å². The lowest BCUT2D eigenvalue weighted by molar-refractivity contribution is 0.473. The number of aryl methyl sites for hydroxylation is 1. The van der Waals surface area contributed by atoms with E-state index in [2.05, 4.69) is 43.3 Å². The first-order valence-electron chi connectivity index (χ1n) is 6.68. The molecule has 1 nitrogen and oxygen atoms in total. The SMILES string of the molecule is C=C(CC)CC(CCCc1cccs1)NCC. The summed E-state index contributed by atoms with van der Waals surface area (Å²) >= 11 is 1.87. The van der Waals surface area contributed by atoms with Crippen LogP contribution in [-0.2, 0) is 6.42 Å². The molecule has 0 spiro atoms. The van der Waals surface area contributed by atoms with E-state index in [1.807, 2.05) is 11.3 Å². The van der Waals surface area contributed by atoms with Gasteiger partial charge in [-0.1, -0.05) is 32.1 Å². The number of hydrogen-bond acceptors (Lipinski definition) is 2.